The summed E-state index contributed by atoms with van der Waals surface area (Å²) in [6, 6.07) is 8.42. The first-order valence-electron chi connectivity index (χ1n) is 8.82. The van der Waals surface area contributed by atoms with Gasteiger partial charge in [0.2, 0.25) is 0 Å². The van der Waals surface area contributed by atoms with Crippen LogP contribution >= 0.6 is 12.2 Å². The van der Waals surface area contributed by atoms with Gasteiger partial charge < -0.3 is 10.6 Å². The number of benzene rings is 1. The van der Waals surface area contributed by atoms with Gasteiger partial charge in [0.1, 0.15) is 5.82 Å². The highest BCUT2D eigenvalue weighted by Crippen LogP contribution is 2.20. The summed E-state index contributed by atoms with van der Waals surface area (Å²) < 4.78 is 16.9. The first-order chi connectivity index (χ1) is 13.0. The molecular weight excluding hydrogens is 363 g/mol. The third-order valence-corrected chi connectivity index (χ3v) is 4.65. The Morgan fingerprint density at radius 1 is 1.15 bits per heavy atom. The van der Waals surface area contributed by atoms with Gasteiger partial charge in [-0.05, 0) is 56.8 Å². The van der Waals surface area contributed by atoms with Crippen molar-refractivity contribution >= 4 is 23.0 Å². The lowest BCUT2D eigenvalue weighted by Gasteiger charge is -2.12. The molecule has 8 heteroatoms. The Kier molecular flexibility index (Phi) is 5.85. The predicted molar refractivity (Wildman–Crippen MR) is 108 cm³/mol. The van der Waals surface area contributed by atoms with E-state index < -0.39 is 0 Å². The molecule has 0 saturated heterocycles. The van der Waals surface area contributed by atoms with Crippen molar-refractivity contribution in [2.45, 2.75) is 40.4 Å². The first-order valence-corrected chi connectivity index (χ1v) is 9.22. The Morgan fingerprint density at radius 2 is 1.89 bits per heavy atom. The minimum atomic E-state index is -0.240. The number of aromatic nitrogens is 4. The largest absolute Gasteiger partial charge is 0.357 e. The van der Waals surface area contributed by atoms with E-state index in [0.717, 1.165) is 34.9 Å². The second kappa shape index (κ2) is 8.30. The van der Waals surface area contributed by atoms with E-state index in [1.165, 1.54) is 12.1 Å². The van der Waals surface area contributed by atoms with Crippen molar-refractivity contribution in [3.63, 3.8) is 0 Å². The monoisotopic (exact) mass is 386 g/mol. The van der Waals surface area contributed by atoms with Gasteiger partial charge in [-0.3, -0.25) is 9.36 Å². The Hall–Kier alpha value is -2.74. The van der Waals surface area contributed by atoms with E-state index in [2.05, 4.69) is 27.8 Å². The molecule has 0 aliphatic heterocycles. The van der Waals surface area contributed by atoms with Gasteiger partial charge in [0.15, 0.2) is 5.11 Å². The quantitative estimate of drug-likeness (QED) is 0.636. The van der Waals surface area contributed by atoms with Gasteiger partial charge in [0, 0.05) is 12.7 Å². The molecule has 3 rings (SSSR count). The summed E-state index contributed by atoms with van der Waals surface area (Å²) in [5.74, 6) is -0.240. The zero-order valence-corrected chi connectivity index (χ0v) is 16.5. The fourth-order valence-corrected chi connectivity index (χ4v) is 3.09. The van der Waals surface area contributed by atoms with Gasteiger partial charge >= 0.3 is 0 Å². The summed E-state index contributed by atoms with van der Waals surface area (Å²) in [5, 5.41) is 15.8. The molecule has 0 fully saturated rings. The van der Waals surface area contributed by atoms with Crippen LogP contribution in [0.3, 0.4) is 0 Å². The van der Waals surface area contributed by atoms with E-state index in [1.807, 2.05) is 29.3 Å². The van der Waals surface area contributed by atoms with E-state index in [0.29, 0.717) is 18.2 Å². The minimum absolute atomic E-state index is 0.240. The lowest BCUT2D eigenvalue weighted by molar-refractivity contribution is 0.614. The van der Waals surface area contributed by atoms with Crippen molar-refractivity contribution in [3.05, 3.63) is 65.0 Å². The van der Waals surface area contributed by atoms with Crippen LogP contribution in [0.2, 0.25) is 0 Å². The van der Waals surface area contributed by atoms with Gasteiger partial charge in [-0.2, -0.15) is 10.2 Å². The number of aryl methyl sites for hydroxylation is 2. The Balaban J connectivity index is 1.65. The zero-order chi connectivity index (χ0) is 19.4. The molecule has 1 aromatic carbocycles. The molecule has 0 radical (unpaired) electrons. The number of rotatable bonds is 6. The first kappa shape index (κ1) is 19.0. The maximum atomic E-state index is 13.1. The van der Waals surface area contributed by atoms with Crippen LogP contribution in [0.15, 0.2) is 36.5 Å². The third kappa shape index (κ3) is 4.51. The fraction of sp³-hybridized carbons (Fsp3) is 0.316. The summed E-state index contributed by atoms with van der Waals surface area (Å²) in [7, 11) is 0. The number of nitrogens with one attached hydrogen (secondary N) is 2. The van der Waals surface area contributed by atoms with Gasteiger partial charge in [0.25, 0.3) is 0 Å². The molecule has 0 unspecified atom stereocenters. The van der Waals surface area contributed by atoms with Crippen molar-refractivity contribution in [1.82, 2.24) is 24.9 Å². The van der Waals surface area contributed by atoms with E-state index >= 15 is 0 Å². The topological polar surface area (TPSA) is 59.7 Å². The number of thiocarbonyl (C=S) groups is 1. The smallest absolute Gasteiger partial charge is 0.171 e. The van der Waals surface area contributed by atoms with Crippen molar-refractivity contribution in [2.24, 2.45) is 0 Å². The zero-order valence-electron chi connectivity index (χ0n) is 15.7. The molecule has 6 nitrogen and oxygen atoms in total. The third-order valence-electron chi connectivity index (χ3n) is 4.40. The SMILES string of the molecule is CCn1nccc1CNC(=S)Nc1c(C)nn(Cc2ccc(F)cc2)c1C. The summed E-state index contributed by atoms with van der Waals surface area (Å²) in [4.78, 5) is 0. The maximum absolute atomic E-state index is 13.1. The standard InChI is InChI=1S/C19H23FN6S/c1-4-25-17(9-10-22-25)11-21-19(27)23-18-13(2)24-26(14(18)3)12-15-5-7-16(20)8-6-15/h5-10H,4,11-12H2,1-3H3,(H2,21,23,27). The van der Waals surface area contributed by atoms with Gasteiger partial charge in [-0.15, -0.1) is 0 Å². The van der Waals surface area contributed by atoms with Crippen molar-refractivity contribution in [3.8, 4) is 0 Å². The number of anilines is 1. The second-order valence-electron chi connectivity index (χ2n) is 6.28. The van der Waals surface area contributed by atoms with E-state index in [1.54, 1.807) is 18.3 Å². The summed E-state index contributed by atoms with van der Waals surface area (Å²) in [6.45, 7) is 7.96. The molecule has 0 aliphatic carbocycles. The molecule has 0 atom stereocenters. The van der Waals surface area contributed by atoms with Gasteiger partial charge in [-0.25, -0.2) is 4.39 Å². The van der Waals surface area contributed by atoms with Crippen molar-refractivity contribution < 1.29 is 4.39 Å². The molecule has 2 N–H and O–H groups in total. The van der Waals surface area contributed by atoms with Crippen LogP contribution in [-0.2, 0) is 19.6 Å². The van der Waals surface area contributed by atoms with Crippen LogP contribution in [0.5, 0.6) is 0 Å². The number of hydrogen-bond acceptors (Lipinski definition) is 3. The molecule has 142 valence electrons. The fourth-order valence-electron chi connectivity index (χ4n) is 2.92. The molecule has 0 amide bonds. The predicted octanol–water partition coefficient (Wildman–Crippen LogP) is 3.39. The van der Waals surface area contributed by atoms with Crippen molar-refractivity contribution in [2.75, 3.05) is 5.32 Å². The van der Waals surface area contributed by atoms with E-state index in [9.17, 15) is 4.39 Å². The van der Waals surface area contributed by atoms with Crippen LogP contribution in [0.25, 0.3) is 0 Å². The summed E-state index contributed by atoms with van der Waals surface area (Å²) in [5.41, 5.74) is 4.78. The summed E-state index contributed by atoms with van der Waals surface area (Å²) in [6.07, 6.45) is 1.78. The van der Waals surface area contributed by atoms with Gasteiger partial charge in [-0.1, -0.05) is 12.1 Å². The maximum Gasteiger partial charge on any atom is 0.171 e. The lowest BCUT2D eigenvalue weighted by Crippen LogP contribution is -2.29. The Labute approximate surface area is 163 Å². The average Bonchev–Trinajstić information content (AvgIpc) is 3.21. The Bertz CT molecular complexity index is 928. The van der Waals surface area contributed by atoms with Crippen molar-refractivity contribution in [1.29, 1.82) is 0 Å². The van der Waals surface area contributed by atoms with E-state index in [4.69, 9.17) is 12.2 Å². The average molecular weight is 387 g/mol. The number of nitrogens with zero attached hydrogens (tertiary/aromatic N) is 4. The van der Waals surface area contributed by atoms with E-state index in [-0.39, 0.29) is 5.82 Å². The normalized spacial score (nSPS) is 10.8. The molecule has 0 aliphatic rings. The highest BCUT2D eigenvalue weighted by atomic mass is 32.1. The lowest BCUT2D eigenvalue weighted by atomic mass is 10.2. The molecule has 0 saturated carbocycles. The molecule has 0 bridgehead atoms. The molecule has 2 heterocycles. The van der Waals surface area contributed by atoms with Crippen LogP contribution in [-0.4, -0.2) is 24.7 Å². The van der Waals surface area contributed by atoms with Crippen LogP contribution < -0.4 is 10.6 Å². The highest BCUT2D eigenvalue weighted by molar-refractivity contribution is 7.80. The molecule has 3 aromatic rings. The number of halogens is 1. The molecule has 0 spiro atoms. The van der Waals surface area contributed by atoms with Gasteiger partial charge in [0.05, 0.1) is 35.9 Å². The Morgan fingerprint density at radius 3 is 2.59 bits per heavy atom. The summed E-state index contributed by atoms with van der Waals surface area (Å²) >= 11 is 5.43. The molecule has 27 heavy (non-hydrogen) atoms. The minimum Gasteiger partial charge on any atom is -0.357 e. The molecule has 2 aromatic heterocycles. The molecular formula is C19H23FN6S. The second-order valence-corrected chi connectivity index (χ2v) is 6.68. The van der Waals surface area contributed by atoms with Crippen LogP contribution in [0.4, 0.5) is 10.1 Å². The van der Waals surface area contributed by atoms with Crippen LogP contribution in [0.1, 0.15) is 29.6 Å². The highest BCUT2D eigenvalue weighted by Gasteiger charge is 2.13. The van der Waals surface area contributed by atoms with Crippen LogP contribution in [0, 0.1) is 19.7 Å². The number of hydrogen-bond donors (Lipinski definition) is 2.